The fourth-order valence-electron chi connectivity index (χ4n) is 4.78. The van der Waals surface area contributed by atoms with E-state index in [0.29, 0.717) is 6.04 Å². The number of rotatable bonds is 5. The fraction of sp³-hybridized carbons (Fsp3) is 0.478. The lowest BCUT2D eigenvalue weighted by Crippen LogP contribution is -2.31. The van der Waals surface area contributed by atoms with E-state index in [1.807, 2.05) is 11.3 Å². The lowest BCUT2D eigenvalue weighted by Gasteiger charge is -2.28. The molecule has 1 aromatic carbocycles. The van der Waals surface area contributed by atoms with Crippen molar-refractivity contribution < 1.29 is 0 Å². The number of aryl methyl sites for hydroxylation is 2. The molecule has 28 heavy (non-hydrogen) atoms. The summed E-state index contributed by atoms with van der Waals surface area (Å²) >= 11 is 1.88. The first-order chi connectivity index (χ1) is 13.9. The number of aromatic nitrogens is 2. The van der Waals surface area contributed by atoms with Crippen molar-refractivity contribution in [1.29, 1.82) is 0 Å². The van der Waals surface area contributed by atoms with Crippen molar-refractivity contribution in [1.82, 2.24) is 14.9 Å². The van der Waals surface area contributed by atoms with Crippen molar-refractivity contribution in [3.63, 3.8) is 0 Å². The van der Waals surface area contributed by atoms with Gasteiger partial charge in [0.1, 0.15) is 17.0 Å². The van der Waals surface area contributed by atoms with Gasteiger partial charge in [0.25, 0.3) is 0 Å². The summed E-state index contributed by atoms with van der Waals surface area (Å²) in [5.41, 5.74) is 2.91. The zero-order valence-corrected chi connectivity index (χ0v) is 17.2. The van der Waals surface area contributed by atoms with Gasteiger partial charge >= 0.3 is 0 Å². The van der Waals surface area contributed by atoms with Crippen LogP contribution in [0.2, 0.25) is 0 Å². The maximum absolute atomic E-state index is 4.68. The Morgan fingerprint density at radius 3 is 2.64 bits per heavy atom. The highest BCUT2D eigenvalue weighted by Gasteiger charge is 2.24. The maximum atomic E-state index is 4.68. The Labute approximate surface area is 171 Å². The maximum Gasteiger partial charge on any atom is 0.138 e. The molecule has 0 amide bonds. The van der Waals surface area contributed by atoms with Crippen LogP contribution in [0.25, 0.3) is 10.2 Å². The van der Waals surface area contributed by atoms with Gasteiger partial charge in [0, 0.05) is 11.4 Å². The second-order valence-corrected chi connectivity index (χ2v) is 9.10. The van der Waals surface area contributed by atoms with Crippen molar-refractivity contribution in [3.05, 3.63) is 52.7 Å². The molecule has 146 valence electrons. The van der Waals surface area contributed by atoms with Gasteiger partial charge in [-0.15, -0.1) is 11.3 Å². The minimum Gasteiger partial charge on any atom is -0.367 e. The first-order valence-electron chi connectivity index (χ1n) is 10.7. The predicted octanol–water partition coefficient (Wildman–Crippen LogP) is 5.21. The molecule has 1 N–H and O–H groups in total. The third-order valence-corrected chi connectivity index (χ3v) is 7.43. The smallest absolute Gasteiger partial charge is 0.138 e. The highest BCUT2D eigenvalue weighted by molar-refractivity contribution is 7.18. The number of nitrogens with one attached hydrogen (secondary N) is 1. The van der Waals surface area contributed by atoms with Crippen molar-refractivity contribution in [2.75, 3.05) is 25.0 Å². The Balaban J connectivity index is 1.45. The number of fused-ring (bicyclic) bond motifs is 3. The van der Waals surface area contributed by atoms with E-state index in [9.17, 15) is 0 Å². The Kier molecular flexibility index (Phi) is 5.28. The number of anilines is 1. The number of hydrogen-bond donors (Lipinski definition) is 1. The van der Waals surface area contributed by atoms with Gasteiger partial charge in [0.2, 0.25) is 0 Å². The summed E-state index contributed by atoms with van der Waals surface area (Å²) in [5, 5.41) is 5.02. The van der Waals surface area contributed by atoms with Crippen LogP contribution in [0.3, 0.4) is 0 Å². The lowest BCUT2D eigenvalue weighted by molar-refractivity contribution is 0.256. The lowest BCUT2D eigenvalue weighted by atomic mass is 10.0. The molecule has 1 fully saturated rings. The van der Waals surface area contributed by atoms with E-state index in [4.69, 9.17) is 0 Å². The first-order valence-corrected chi connectivity index (χ1v) is 11.5. The SMILES string of the molecule is c1ccc([C@H](CNc2ncnc3sc4c(c23)CCCCC4)N2CCCC2)cc1. The quantitative estimate of drug-likeness (QED) is 0.605. The van der Waals surface area contributed by atoms with Crippen molar-refractivity contribution in [3.8, 4) is 0 Å². The van der Waals surface area contributed by atoms with Gasteiger partial charge in [-0.2, -0.15) is 0 Å². The number of thiophene rings is 1. The van der Waals surface area contributed by atoms with Crippen LogP contribution in [-0.2, 0) is 12.8 Å². The summed E-state index contributed by atoms with van der Waals surface area (Å²) in [6, 6.07) is 11.3. The second-order valence-electron chi connectivity index (χ2n) is 8.02. The Hall–Kier alpha value is -1.98. The highest BCUT2D eigenvalue weighted by atomic mass is 32.1. The summed E-state index contributed by atoms with van der Waals surface area (Å²) in [7, 11) is 0. The van der Waals surface area contributed by atoms with Crippen LogP contribution in [0.1, 0.15) is 54.1 Å². The minimum absolute atomic E-state index is 0.394. The molecule has 0 bridgehead atoms. The molecule has 0 saturated carbocycles. The molecule has 1 saturated heterocycles. The van der Waals surface area contributed by atoms with Crippen LogP contribution in [0.4, 0.5) is 5.82 Å². The molecule has 0 radical (unpaired) electrons. The highest BCUT2D eigenvalue weighted by Crippen LogP contribution is 2.38. The van der Waals surface area contributed by atoms with Crippen LogP contribution in [-0.4, -0.2) is 34.5 Å². The van der Waals surface area contributed by atoms with Gasteiger partial charge < -0.3 is 5.32 Å². The minimum atomic E-state index is 0.394. The van der Waals surface area contributed by atoms with Crippen molar-refractivity contribution in [2.45, 2.75) is 51.0 Å². The molecular formula is C23H28N4S. The average molecular weight is 393 g/mol. The van der Waals surface area contributed by atoms with Gasteiger partial charge in [-0.3, -0.25) is 4.90 Å². The molecular weight excluding hydrogens is 364 g/mol. The molecule has 5 heteroatoms. The Bertz CT molecular complexity index is 930. The summed E-state index contributed by atoms with van der Waals surface area (Å²) in [6.45, 7) is 3.27. The number of hydrogen-bond acceptors (Lipinski definition) is 5. The molecule has 1 aliphatic heterocycles. The number of likely N-dealkylation sites (tertiary alicyclic amines) is 1. The van der Waals surface area contributed by atoms with Crippen molar-refractivity contribution in [2.24, 2.45) is 0 Å². The summed E-state index contributed by atoms with van der Waals surface area (Å²) in [4.78, 5) is 14.6. The predicted molar refractivity (Wildman–Crippen MR) is 117 cm³/mol. The average Bonchev–Trinajstić information content (AvgIpc) is 3.32. The normalized spacial score (nSPS) is 18.7. The molecule has 2 aromatic heterocycles. The van der Waals surface area contributed by atoms with E-state index in [1.54, 1.807) is 6.33 Å². The molecule has 5 rings (SSSR count). The Morgan fingerprint density at radius 2 is 1.79 bits per heavy atom. The summed E-state index contributed by atoms with van der Waals surface area (Å²) in [5.74, 6) is 1.03. The molecule has 2 aliphatic rings. The van der Waals surface area contributed by atoms with Gasteiger partial charge in [-0.25, -0.2) is 9.97 Å². The first kappa shape index (κ1) is 18.1. The second kappa shape index (κ2) is 8.18. The van der Waals surface area contributed by atoms with Crippen LogP contribution < -0.4 is 5.32 Å². The largest absolute Gasteiger partial charge is 0.367 e. The van der Waals surface area contributed by atoms with Crippen LogP contribution >= 0.6 is 11.3 Å². The van der Waals surface area contributed by atoms with E-state index >= 15 is 0 Å². The van der Waals surface area contributed by atoms with Crippen LogP contribution in [0.15, 0.2) is 36.7 Å². The van der Waals surface area contributed by atoms with Gasteiger partial charge in [-0.05, 0) is 62.7 Å². The number of benzene rings is 1. The molecule has 0 spiro atoms. The van der Waals surface area contributed by atoms with E-state index < -0.39 is 0 Å². The van der Waals surface area contributed by atoms with Gasteiger partial charge in [0.15, 0.2) is 0 Å². The third-order valence-electron chi connectivity index (χ3n) is 6.23. The molecule has 1 atom stereocenters. The monoisotopic (exact) mass is 392 g/mol. The topological polar surface area (TPSA) is 41.1 Å². The molecule has 4 nitrogen and oxygen atoms in total. The molecule has 1 aliphatic carbocycles. The van der Waals surface area contributed by atoms with E-state index in [0.717, 1.165) is 17.2 Å². The van der Waals surface area contributed by atoms with Gasteiger partial charge in [-0.1, -0.05) is 36.8 Å². The fourth-order valence-corrected chi connectivity index (χ4v) is 6.01. The number of nitrogens with zero attached hydrogens (tertiary/aromatic N) is 3. The molecule has 3 aromatic rings. The summed E-state index contributed by atoms with van der Waals surface area (Å²) in [6.07, 6.45) is 10.6. The van der Waals surface area contributed by atoms with E-state index in [1.165, 1.54) is 79.4 Å². The Morgan fingerprint density at radius 1 is 0.964 bits per heavy atom. The standard InChI is InChI=1S/C23H28N4S/c1-3-9-17(10-4-1)19(27-13-7-8-14-27)15-24-22-21-18-11-5-2-6-12-20(18)28-23(21)26-16-25-22/h1,3-4,9-10,16,19H,2,5-8,11-15H2,(H,24,25,26)/t19-/m0/s1. The summed E-state index contributed by atoms with van der Waals surface area (Å²) < 4.78 is 0. The van der Waals surface area contributed by atoms with Crippen LogP contribution in [0, 0.1) is 0 Å². The van der Waals surface area contributed by atoms with E-state index in [-0.39, 0.29) is 0 Å². The third kappa shape index (κ3) is 3.53. The van der Waals surface area contributed by atoms with Crippen molar-refractivity contribution >= 4 is 27.4 Å². The molecule has 0 unspecified atom stereocenters. The zero-order chi connectivity index (χ0) is 18.8. The zero-order valence-electron chi connectivity index (χ0n) is 16.4. The van der Waals surface area contributed by atoms with Gasteiger partial charge in [0.05, 0.1) is 11.4 Å². The van der Waals surface area contributed by atoms with Crippen LogP contribution in [0.5, 0.6) is 0 Å². The van der Waals surface area contributed by atoms with E-state index in [2.05, 4.69) is 50.5 Å². The molecule has 3 heterocycles.